The van der Waals surface area contributed by atoms with Crippen LogP contribution in [0.1, 0.15) is 44.5 Å². The van der Waals surface area contributed by atoms with Crippen molar-refractivity contribution in [3.05, 3.63) is 17.5 Å². The highest BCUT2D eigenvalue weighted by Gasteiger charge is 2.22. The van der Waals surface area contributed by atoms with Crippen molar-refractivity contribution in [3.8, 4) is 0 Å². The molecule has 108 valence electrons. The summed E-state index contributed by atoms with van der Waals surface area (Å²) in [4.78, 5) is 11.7. The summed E-state index contributed by atoms with van der Waals surface area (Å²) in [5.74, 6) is -0.0483. The van der Waals surface area contributed by atoms with Gasteiger partial charge in [0.2, 0.25) is 5.91 Å². The molecule has 5 heteroatoms. The molecule has 5 nitrogen and oxygen atoms in total. The quantitative estimate of drug-likeness (QED) is 0.788. The molecule has 0 radical (unpaired) electrons. The number of aliphatic hydroxyl groups is 1. The van der Waals surface area contributed by atoms with Crippen LogP contribution in [0.15, 0.2) is 6.07 Å². The lowest BCUT2D eigenvalue weighted by molar-refractivity contribution is -0.122. The molecule has 0 aliphatic heterocycles. The average molecular weight is 267 g/mol. The van der Waals surface area contributed by atoms with Crippen LogP contribution < -0.4 is 5.32 Å². The SMILES string of the molecule is CCC(O)(CC)CNC(=O)CCn1nc(C)cc1C. The summed E-state index contributed by atoms with van der Waals surface area (Å²) in [6.07, 6.45) is 1.66. The smallest absolute Gasteiger partial charge is 0.221 e. The summed E-state index contributed by atoms with van der Waals surface area (Å²) >= 11 is 0. The minimum atomic E-state index is -0.784. The van der Waals surface area contributed by atoms with Crippen LogP contribution in [-0.2, 0) is 11.3 Å². The highest BCUT2D eigenvalue weighted by molar-refractivity contribution is 5.75. The first kappa shape index (κ1) is 15.7. The number of carbonyl (C=O) groups excluding carboxylic acids is 1. The maximum absolute atomic E-state index is 11.7. The van der Waals surface area contributed by atoms with Gasteiger partial charge in [-0.3, -0.25) is 9.48 Å². The lowest BCUT2D eigenvalue weighted by Crippen LogP contribution is -2.42. The summed E-state index contributed by atoms with van der Waals surface area (Å²) in [5.41, 5.74) is 1.24. The lowest BCUT2D eigenvalue weighted by atomic mass is 9.97. The van der Waals surface area contributed by atoms with Crippen molar-refractivity contribution in [2.24, 2.45) is 0 Å². The fourth-order valence-corrected chi connectivity index (χ4v) is 1.96. The summed E-state index contributed by atoms with van der Waals surface area (Å²) in [6.45, 7) is 8.65. The van der Waals surface area contributed by atoms with Gasteiger partial charge in [-0.25, -0.2) is 0 Å². The molecule has 19 heavy (non-hydrogen) atoms. The van der Waals surface area contributed by atoms with E-state index < -0.39 is 5.60 Å². The van der Waals surface area contributed by atoms with Crippen molar-refractivity contribution >= 4 is 5.91 Å². The van der Waals surface area contributed by atoms with Gasteiger partial charge in [0.05, 0.1) is 11.3 Å². The van der Waals surface area contributed by atoms with Gasteiger partial charge in [0.15, 0.2) is 0 Å². The predicted molar refractivity (Wildman–Crippen MR) is 74.9 cm³/mol. The third kappa shape index (κ3) is 4.67. The van der Waals surface area contributed by atoms with Gasteiger partial charge in [-0.05, 0) is 32.8 Å². The number of nitrogens with zero attached hydrogens (tertiary/aromatic N) is 2. The van der Waals surface area contributed by atoms with E-state index in [9.17, 15) is 9.90 Å². The second-order valence-corrected chi connectivity index (χ2v) is 5.11. The zero-order valence-electron chi connectivity index (χ0n) is 12.4. The Labute approximate surface area is 115 Å². The first-order valence-corrected chi connectivity index (χ1v) is 6.90. The number of amides is 1. The van der Waals surface area contributed by atoms with Crippen LogP contribution in [0.25, 0.3) is 0 Å². The van der Waals surface area contributed by atoms with Gasteiger partial charge in [-0.1, -0.05) is 13.8 Å². The van der Waals surface area contributed by atoms with Crippen LogP contribution in [0.5, 0.6) is 0 Å². The van der Waals surface area contributed by atoms with E-state index in [1.54, 1.807) is 0 Å². The largest absolute Gasteiger partial charge is 0.388 e. The normalized spacial score (nSPS) is 11.6. The molecule has 0 saturated heterocycles. The molecule has 1 aromatic rings. The standard InChI is InChI=1S/C14H25N3O2/c1-5-14(19,6-2)10-15-13(18)7-8-17-12(4)9-11(3)16-17/h9,19H,5-8,10H2,1-4H3,(H,15,18). The molecule has 0 atom stereocenters. The summed E-state index contributed by atoms with van der Waals surface area (Å²) in [6, 6.07) is 1.99. The van der Waals surface area contributed by atoms with Gasteiger partial charge in [0, 0.05) is 25.2 Å². The number of carbonyl (C=O) groups is 1. The van der Waals surface area contributed by atoms with Crippen molar-refractivity contribution < 1.29 is 9.90 Å². The highest BCUT2D eigenvalue weighted by atomic mass is 16.3. The molecule has 0 saturated carbocycles. The fraction of sp³-hybridized carbons (Fsp3) is 0.714. The van der Waals surface area contributed by atoms with Crippen molar-refractivity contribution in [3.63, 3.8) is 0 Å². The Bertz CT molecular complexity index is 422. The van der Waals surface area contributed by atoms with Crippen molar-refractivity contribution in [1.29, 1.82) is 0 Å². The molecule has 0 aromatic carbocycles. The van der Waals surface area contributed by atoms with E-state index in [0.29, 0.717) is 32.4 Å². The van der Waals surface area contributed by atoms with E-state index >= 15 is 0 Å². The second-order valence-electron chi connectivity index (χ2n) is 5.11. The monoisotopic (exact) mass is 267 g/mol. The van der Waals surface area contributed by atoms with E-state index in [2.05, 4.69) is 10.4 Å². The van der Waals surface area contributed by atoms with Crippen LogP contribution in [0.2, 0.25) is 0 Å². The third-order valence-corrected chi connectivity index (χ3v) is 3.58. The topological polar surface area (TPSA) is 67.2 Å². The molecule has 1 heterocycles. The maximum Gasteiger partial charge on any atom is 0.221 e. The number of aryl methyl sites for hydroxylation is 3. The second kappa shape index (κ2) is 6.70. The number of nitrogens with one attached hydrogen (secondary N) is 1. The lowest BCUT2D eigenvalue weighted by Gasteiger charge is -2.25. The first-order chi connectivity index (χ1) is 8.90. The molecule has 0 spiro atoms. The van der Waals surface area contributed by atoms with Crippen LogP contribution >= 0.6 is 0 Å². The van der Waals surface area contributed by atoms with Crippen LogP contribution in [-0.4, -0.2) is 32.9 Å². The molecule has 1 aromatic heterocycles. The molecule has 0 aliphatic rings. The van der Waals surface area contributed by atoms with Gasteiger partial charge >= 0.3 is 0 Å². The zero-order chi connectivity index (χ0) is 14.5. The molecule has 0 unspecified atom stereocenters. The number of aromatic nitrogens is 2. The third-order valence-electron chi connectivity index (χ3n) is 3.58. The number of hydrogen-bond acceptors (Lipinski definition) is 3. The Kier molecular flexibility index (Phi) is 5.54. The average Bonchev–Trinajstić information content (AvgIpc) is 2.72. The minimum Gasteiger partial charge on any atom is -0.388 e. The molecule has 0 bridgehead atoms. The van der Waals surface area contributed by atoms with E-state index in [1.807, 2.05) is 38.4 Å². The molecule has 2 N–H and O–H groups in total. The van der Waals surface area contributed by atoms with Gasteiger partial charge in [-0.15, -0.1) is 0 Å². The van der Waals surface area contributed by atoms with Gasteiger partial charge in [0.1, 0.15) is 0 Å². The first-order valence-electron chi connectivity index (χ1n) is 6.90. The molecular weight excluding hydrogens is 242 g/mol. The van der Waals surface area contributed by atoms with Crippen LogP contribution in [0, 0.1) is 13.8 Å². The van der Waals surface area contributed by atoms with Gasteiger partial charge < -0.3 is 10.4 Å². The molecule has 0 fully saturated rings. The zero-order valence-corrected chi connectivity index (χ0v) is 12.4. The fourth-order valence-electron chi connectivity index (χ4n) is 1.96. The molecule has 0 aliphatic carbocycles. The summed E-state index contributed by atoms with van der Waals surface area (Å²) in [7, 11) is 0. The minimum absolute atomic E-state index is 0.0483. The highest BCUT2D eigenvalue weighted by Crippen LogP contribution is 2.12. The summed E-state index contributed by atoms with van der Waals surface area (Å²) in [5, 5.41) is 17.2. The Morgan fingerprint density at radius 1 is 1.42 bits per heavy atom. The van der Waals surface area contributed by atoms with E-state index in [-0.39, 0.29) is 5.91 Å². The van der Waals surface area contributed by atoms with Crippen molar-refractivity contribution in [1.82, 2.24) is 15.1 Å². The van der Waals surface area contributed by atoms with Crippen LogP contribution in [0.3, 0.4) is 0 Å². The molecular formula is C14H25N3O2. The Hall–Kier alpha value is -1.36. The molecule has 1 rings (SSSR count). The van der Waals surface area contributed by atoms with Crippen LogP contribution in [0.4, 0.5) is 0 Å². The van der Waals surface area contributed by atoms with E-state index in [1.165, 1.54) is 0 Å². The number of hydrogen-bond donors (Lipinski definition) is 2. The van der Waals surface area contributed by atoms with E-state index in [0.717, 1.165) is 11.4 Å². The Morgan fingerprint density at radius 3 is 2.53 bits per heavy atom. The number of rotatable bonds is 7. The maximum atomic E-state index is 11.7. The van der Waals surface area contributed by atoms with Gasteiger partial charge in [-0.2, -0.15) is 5.10 Å². The van der Waals surface area contributed by atoms with Crippen molar-refractivity contribution in [2.45, 2.75) is 59.1 Å². The van der Waals surface area contributed by atoms with Crippen molar-refractivity contribution in [2.75, 3.05) is 6.54 Å². The Morgan fingerprint density at radius 2 is 2.05 bits per heavy atom. The van der Waals surface area contributed by atoms with E-state index in [4.69, 9.17) is 0 Å². The van der Waals surface area contributed by atoms with Gasteiger partial charge in [0.25, 0.3) is 0 Å². The Balaban J connectivity index is 2.38. The molecule has 1 amide bonds. The summed E-state index contributed by atoms with van der Waals surface area (Å²) < 4.78 is 1.83. The predicted octanol–water partition coefficient (Wildman–Crippen LogP) is 1.56.